The number of imide groups is 1. The topological polar surface area (TPSA) is 67.4 Å². The molecule has 2 N–H and O–H groups in total. The number of hydrogen-bond donors (Lipinski definition) is 2. The number of rotatable bonds is 4. The average Bonchev–Trinajstić information content (AvgIpc) is 2.70. The number of carbonyl (C=O) groups excluding carboxylic acids is 2. The Morgan fingerprint density at radius 3 is 2.87 bits per heavy atom. The van der Waals surface area contributed by atoms with Gasteiger partial charge in [-0.05, 0) is 19.3 Å². The van der Waals surface area contributed by atoms with E-state index in [1.54, 1.807) is 0 Å². The smallest absolute Gasteiger partial charge is 0.321 e. The van der Waals surface area contributed by atoms with Gasteiger partial charge < -0.3 is 10.1 Å². The molecule has 1 atom stereocenters. The molecule has 86 valence electrons. The summed E-state index contributed by atoms with van der Waals surface area (Å²) in [7, 11) is 0. The first-order valence-corrected chi connectivity index (χ1v) is 5.51. The van der Waals surface area contributed by atoms with Crippen molar-refractivity contribution in [1.82, 2.24) is 10.6 Å². The Morgan fingerprint density at radius 1 is 1.47 bits per heavy atom. The molecule has 1 saturated heterocycles. The fourth-order valence-electron chi connectivity index (χ4n) is 1.42. The Bertz CT molecular complexity index is 229. The Morgan fingerprint density at radius 2 is 2.27 bits per heavy atom. The third-order valence-electron chi connectivity index (χ3n) is 2.15. The van der Waals surface area contributed by atoms with Crippen molar-refractivity contribution in [3.63, 3.8) is 0 Å². The second kappa shape index (κ2) is 6.63. The monoisotopic (exact) mass is 234 g/mol. The molecule has 0 bridgehead atoms. The van der Waals surface area contributed by atoms with E-state index in [1.807, 2.05) is 0 Å². The molecule has 0 spiro atoms. The van der Waals surface area contributed by atoms with Gasteiger partial charge in [0.2, 0.25) is 5.91 Å². The van der Waals surface area contributed by atoms with E-state index in [9.17, 15) is 9.59 Å². The van der Waals surface area contributed by atoms with E-state index in [4.69, 9.17) is 16.3 Å². The van der Waals surface area contributed by atoms with Crippen molar-refractivity contribution in [3.05, 3.63) is 0 Å². The third kappa shape index (κ3) is 4.99. The summed E-state index contributed by atoms with van der Waals surface area (Å²) in [6.07, 6.45) is 3.16. The second-order valence-corrected chi connectivity index (χ2v) is 3.63. The highest BCUT2D eigenvalue weighted by molar-refractivity contribution is 6.28. The Kier molecular flexibility index (Phi) is 5.42. The van der Waals surface area contributed by atoms with Gasteiger partial charge in [0.1, 0.15) is 5.88 Å². The summed E-state index contributed by atoms with van der Waals surface area (Å²) in [4.78, 5) is 21.8. The summed E-state index contributed by atoms with van der Waals surface area (Å²) in [6.45, 7) is 1.31. The third-order valence-corrected chi connectivity index (χ3v) is 2.39. The fraction of sp³-hybridized carbons (Fsp3) is 0.778. The van der Waals surface area contributed by atoms with E-state index in [0.29, 0.717) is 6.54 Å². The maximum absolute atomic E-state index is 11.0. The summed E-state index contributed by atoms with van der Waals surface area (Å²) in [6, 6.07) is -0.501. The first-order chi connectivity index (χ1) is 7.22. The van der Waals surface area contributed by atoms with Gasteiger partial charge in [0.05, 0.1) is 6.10 Å². The van der Waals surface area contributed by atoms with Crippen molar-refractivity contribution < 1.29 is 14.3 Å². The van der Waals surface area contributed by atoms with Gasteiger partial charge in [-0.2, -0.15) is 0 Å². The molecule has 6 heteroatoms. The lowest BCUT2D eigenvalue weighted by Crippen LogP contribution is -2.40. The summed E-state index contributed by atoms with van der Waals surface area (Å²) in [5.41, 5.74) is 0. The van der Waals surface area contributed by atoms with Gasteiger partial charge in [-0.3, -0.25) is 10.1 Å². The van der Waals surface area contributed by atoms with Crippen molar-refractivity contribution >= 4 is 23.5 Å². The van der Waals surface area contributed by atoms with Crippen LogP contribution in [0.5, 0.6) is 0 Å². The average molecular weight is 235 g/mol. The van der Waals surface area contributed by atoms with Crippen LogP contribution in [0.3, 0.4) is 0 Å². The van der Waals surface area contributed by atoms with E-state index >= 15 is 0 Å². The quantitative estimate of drug-likeness (QED) is 0.701. The molecule has 0 radical (unpaired) electrons. The number of halogens is 1. The zero-order chi connectivity index (χ0) is 11.1. The lowest BCUT2D eigenvalue weighted by molar-refractivity contribution is -0.117. The van der Waals surface area contributed by atoms with Gasteiger partial charge in [0.25, 0.3) is 0 Å². The number of alkyl halides is 1. The Balaban J connectivity index is 2.03. The summed E-state index contributed by atoms with van der Waals surface area (Å²) in [5, 5.41) is 4.66. The molecule has 0 aromatic heterocycles. The van der Waals surface area contributed by atoms with Crippen molar-refractivity contribution in [3.8, 4) is 0 Å². The highest BCUT2D eigenvalue weighted by Crippen LogP contribution is 2.14. The normalized spacial score (nSPS) is 19.9. The zero-order valence-corrected chi connectivity index (χ0v) is 9.18. The van der Waals surface area contributed by atoms with E-state index < -0.39 is 11.9 Å². The maximum Gasteiger partial charge on any atom is 0.321 e. The minimum atomic E-state index is -0.501. The van der Waals surface area contributed by atoms with Crippen molar-refractivity contribution in [2.24, 2.45) is 0 Å². The van der Waals surface area contributed by atoms with Crippen LogP contribution in [0.2, 0.25) is 0 Å². The molecular weight excluding hydrogens is 220 g/mol. The van der Waals surface area contributed by atoms with E-state index in [0.717, 1.165) is 25.9 Å². The SMILES string of the molecule is O=C(CCl)NC(=O)NCCC1CCCO1. The first-order valence-electron chi connectivity index (χ1n) is 4.97. The number of urea groups is 1. The molecule has 1 heterocycles. The number of ether oxygens (including phenoxy) is 1. The summed E-state index contributed by atoms with van der Waals surface area (Å²) < 4.78 is 5.38. The molecule has 0 aromatic rings. The molecule has 1 fully saturated rings. The van der Waals surface area contributed by atoms with Crippen LogP contribution >= 0.6 is 11.6 Å². The molecule has 0 aromatic carbocycles. The summed E-state index contributed by atoms with van der Waals surface area (Å²) in [5.74, 6) is -0.703. The molecule has 1 rings (SSSR count). The standard InChI is InChI=1S/C9H15ClN2O3/c10-6-8(13)12-9(14)11-4-3-7-2-1-5-15-7/h7H,1-6H2,(H2,11,12,13,14). The van der Waals surface area contributed by atoms with Crippen LogP contribution in [-0.4, -0.2) is 37.1 Å². The molecule has 1 unspecified atom stereocenters. The minimum absolute atomic E-state index is 0.209. The molecule has 0 aliphatic carbocycles. The van der Waals surface area contributed by atoms with Gasteiger partial charge in [-0.15, -0.1) is 11.6 Å². The molecule has 0 saturated carbocycles. The maximum atomic E-state index is 11.0. The predicted octanol–water partition coefficient (Wildman–Crippen LogP) is 0.620. The van der Waals surface area contributed by atoms with Crippen molar-refractivity contribution in [2.45, 2.75) is 25.4 Å². The fourth-order valence-corrected chi connectivity index (χ4v) is 1.49. The molecule has 1 aliphatic rings. The van der Waals surface area contributed by atoms with E-state index in [2.05, 4.69) is 10.6 Å². The Hall–Kier alpha value is -0.810. The zero-order valence-electron chi connectivity index (χ0n) is 8.42. The molecule has 3 amide bonds. The number of amides is 3. The van der Waals surface area contributed by atoms with Crippen molar-refractivity contribution in [2.75, 3.05) is 19.0 Å². The lowest BCUT2D eigenvalue weighted by Gasteiger charge is -2.09. The van der Waals surface area contributed by atoms with Crippen LogP contribution in [0.15, 0.2) is 0 Å². The van der Waals surface area contributed by atoms with Crippen LogP contribution in [0.4, 0.5) is 4.79 Å². The van der Waals surface area contributed by atoms with E-state index in [1.165, 1.54) is 0 Å². The van der Waals surface area contributed by atoms with Gasteiger partial charge in [-0.25, -0.2) is 4.79 Å². The van der Waals surface area contributed by atoms with Crippen LogP contribution in [0.25, 0.3) is 0 Å². The Labute approximate surface area is 93.5 Å². The van der Waals surface area contributed by atoms with Gasteiger partial charge in [-0.1, -0.05) is 0 Å². The van der Waals surface area contributed by atoms with Crippen LogP contribution < -0.4 is 10.6 Å². The molecule has 15 heavy (non-hydrogen) atoms. The highest BCUT2D eigenvalue weighted by Gasteiger charge is 2.15. The number of nitrogens with one attached hydrogen (secondary N) is 2. The van der Waals surface area contributed by atoms with Crippen LogP contribution in [0.1, 0.15) is 19.3 Å². The summed E-state index contributed by atoms with van der Waals surface area (Å²) >= 11 is 5.22. The van der Waals surface area contributed by atoms with Crippen LogP contribution in [-0.2, 0) is 9.53 Å². The minimum Gasteiger partial charge on any atom is -0.378 e. The predicted molar refractivity (Wildman–Crippen MR) is 55.9 cm³/mol. The molecule has 1 aliphatic heterocycles. The van der Waals surface area contributed by atoms with Gasteiger partial charge in [0, 0.05) is 13.2 Å². The lowest BCUT2D eigenvalue weighted by atomic mass is 10.2. The largest absolute Gasteiger partial charge is 0.378 e. The van der Waals surface area contributed by atoms with E-state index in [-0.39, 0.29) is 12.0 Å². The van der Waals surface area contributed by atoms with Gasteiger partial charge in [0.15, 0.2) is 0 Å². The van der Waals surface area contributed by atoms with Crippen LogP contribution in [0, 0.1) is 0 Å². The first kappa shape index (κ1) is 12.3. The number of hydrogen-bond acceptors (Lipinski definition) is 3. The second-order valence-electron chi connectivity index (χ2n) is 3.36. The molecule has 5 nitrogen and oxygen atoms in total. The number of carbonyl (C=O) groups is 2. The van der Waals surface area contributed by atoms with Crippen molar-refractivity contribution in [1.29, 1.82) is 0 Å². The highest BCUT2D eigenvalue weighted by atomic mass is 35.5. The molecular formula is C9H15ClN2O3. The van der Waals surface area contributed by atoms with Gasteiger partial charge >= 0.3 is 6.03 Å².